The van der Waals surface area contributed by atoms with Crippen LogP contribution in [0, 0.1) is 0 Å². The molecule has 1 aromatic rings. The largest absolute Gasteiger partial charge is 0.392 e. The lowest BCUT2D eigenvalue weighted by Crippen LogP contribution is -2.34. The summed E-state index contributed by atoms with van der Waals surface area (Å²) >= 11 is 0. The van der Waals surface area contributed by atoms with Crippen LogP contribution in [0.1, 0.15) is 6.92 Å². The molecular weight excluding hydrogens is 316 g/mol. The molecule has 0 spiro atoms. The van der Waals surface area contributed by atoms with E-state index in [0.717, 1.165) is 6.26 Å². The maximum Gasteiger partial charge on any atom is 0.240 e. The van der Waals surface area contributed by atoms with Gasteiger partial charge in [0, 0.05) is 25.9 Å². The molecule has 1 aromatic carbocycles. The quantitative estimate of drug-likeness (QED) is 0.543. The minimum Gasteiger partial charge on any atom is -0.392 e. The highest BCUT2D eigenvalue weighted by atomic mass is 32.2. The molecule has 0 bridgehead atoms. The molecule has 1 rings (SSSR count). The number of nitrogens with one attached hydrogen (secondary N) is 2. The van der Waals surface area contributed by atoms with Crippen molar-refractivity contribution in [2.45, 2.75) is 22.8 Å². The van der Waals surface area contributed by atoms with Crippen LogP contribution in [0.4, 0.5) is 0 Å². The molecular formula is C12H20N2O5S2. The maximum absolute atomic E-state index is 12.0. The fourth-order valence-corrected chi connectivity index (χ4v) is 3.20. The smallest absolute Gasteiger partial charge is 0.240 e. The number of aliphatic hydroxyl groups is 1. The van der Waals surface area contributed by atoms with E-state index in [2.05, 4.69) is 10.0 Å². The van der Waals surface area contributed by atoms with Gasteiger partial charge in [-0.3, -0.25) is 0 Å². The molecule has 0 amide bonds. The zero-order valence-corrected chi connectivity index (χ0v) is 13.5. The van der Waals surface area contributed by atoms with Gasteiger partial charge in [-0.05, 0) is 31.2 Å². The summed E-state index contributed by atoms with van der Waals surface area (Å²) in [4.78, 5) is 0.0745. The minimum atomic E-state index is -3.67. The first-order chi connectivity index (χ1) is 9.63. The Morgan fingerprint density at radius 3 is 2.05 bits per heavy atom. The molecule has 7 nitrogen and oxygen atoms in total. The first-order valence-electron chi connectivity index (χ1n) is 6.31. The van der Waals surface area contributed by atoms with Crippen LogP contribution in [0.3, 0.4) is 0 Å². The van der Waals surface area contributed by atoms with Crippen LogP contribution in [0.15, 0.2) is 34.1 Å². The molecule has 1 atom stereocenters. The predicted octanol–water partition coefficient (Wildman–Crippen LogP) is -0.661. The van der Waals surface area contributed by atoms with Gasteiger partial charge in [-0.15, -0.1) is 0 Å². The number of benzene rings is 1. The van der Waals surface area contributed by atoms with Crippen molar-refractivity contribution >= 4 is 19.9 Å². The summed E-state index contributed by atoms with van der Waals surface area (Å²) in [5.74, 6) is 0. The predicted molar refractivity (Wildman–Crippen MR) is 79.3 cm³/mol. The van der Waals surface area contributed by atoms with E-state index in [1.54, 1.807) is 6.92 Å². The monoisotopic (exact) mass is 336 g/mol. The zero-order valence-electron chi connectivity index (χ0n) is 11.9. The van der Waals surface area contributed by atoms with Crippen molar-refractivity contribution in [3.8, 4) is 0 Å². The third-order valence-corrected chi connectivity index (χ3v) is 5.20. The Hall–Kier alpha value is -1.00. The van der Waals surface area contributed by atoms with E-state index < -0.39 is 26.0 Å². The first kappa shape index (κ1) is 18.1. The molecule has 0 fully saturated rings. The van der Waals surface area contributed by atoms with Gasteiger partial charge in [-0.1, -0.05) is 0 Å². The third-order valence-electron chi connectivity index (χ3n) is 2.60. The molecule has 21 heavy (non-hydrogen) atoms. The first-order valence-corrected chi connectivity index (χ1v) is 9.69. The van der Waals surface area contributed by atoms with Gasteiger partial charge < -0.3 is 10.4 Å². The van der Waals surface area contributed by atoms with E-state index in [1.165, 1.54) is 24.3 Å². The minimum absolute atomic E-state index is 0.00502. The number of sulfone groups is 1. The Morgan fingerprint density at radius 1 is 1.05 bits per heavy atom. The second kappa shape index (κ2) is 7.32. The van der Waals surface area contributed by atoms with E-state index in [9.17, 15) is 16.8 Å². The van der Waals surface area contributed by atoms with Gasteiger partial charge in [0.25, 0.3) is 0 Å². The van der Waals surface area contributed by atoms with Crippen molar-refractivity contribution in [3.05, 3.63) is 24.3 Å². The Kier molecular flexibility index (Phi) is 6.29. The average Bonchev–Trinajstić information content (AvgIpc) is 2.37. The summed E-state index contributed by atoms with van der Waals surface area (Å²) < 4.78 is 48.9. The van der Waals surface area contributed by atoms with Crippen molar-refractivity contribution in [2.24, 2.45) is 0 Å². The SMILES string of the molecule is CC(O)CNCCNS(=O)(=O)c1ccc(S(C)(=O)=O)cc1. The Morgan fingerprint density at radius 2 is 1.57 bits per heavy atom. The van der Waals surface area contributed by atoms with Crippen LogP contribution in [0.5, 0.6) is 0 Å². The molecule has 1 unspecified atom stereocenters. The summed E-state index contributed by atoms with van der Waals surface area (Å²) in [6.07, 6.45) is 0.563. The number of hydrogen-bond donors (Lipinski definition) is 3. The van der Waals surface area contributed by atoms with Gasteiger partial charge in [-0.25, -0.2) is 21.6 Å². The Labute approximate surface area is 125 Å². The highest BCUT2D eigenvalue weighted by molar-refractivity contribution is 7.90. The number of aliphatic hydroxyl groups excluding tert-OH is 1. The third kappa shape index (κ3) is 6.10. The number of rotatable bonds is 8. The van der Waals surface area contributed by atoms with Crippen LogP contribution >= 0.6 is 0 Å². The van der Waals surface area contributed by atoms with Crippen LogP contribution in [0.25, 0.3) is 0 Å². The van der Waals surface area contributed by atoms with Gasteiger partial charge in [-0.2, -0.15) is 0 Å². The highest BCUT2D eigenvalue weighted by Crippen LogP contribution is 2.13. The zero-order chi connectivity index (χ0) is 16.1. The lowest BCUT2D eigenvalue weighted by Gasteiger charge is -2.09. The number of sulfonamides is 1. The summed E-state index contributed by atoms with van der Waals surface area (Å²) in [7, 11) is -7.02. The molecule has 3 N–H and O–H groups in total. The van der Waals surface area contributed by atoms with Gasteiger partial charge in [0.15, 0.2) is 9.84 Å². The van der Waals surface area contributed by atoms with E-state index >= 15 is 0 Å². The molecule has 0 saturated carbocycles. The average molecular weight is 336 g/mol. The topological polar surface area (TPSA) is 113 Å². The molecule has 120 valence electrons. The summed E-state index contributed by atoms with van der Waals surface area (Å²) in [5, 5.41) is 11.9. The summed E-state index contributed by atoms with van der Waals surface area (Å²) in [6.45, 7) is 2.56. The maximum atomic E-state index is 12.0. The van der Waals surface area contributed by atoms with Gasteiger partial charge in [0.2, 0.25) is 10.0 Å². The molecule has 0 radical (unpaired) electrons. The lowest BCUT2D eigenvalue weighted by atomic mass is 10.4. The Bertz CT molecular complexity index is 651. The van der Waals surface area contributed by atoms with Gasteiger partial charge in [0.05, 0.1) is 15.9 Å². The van der Waals surface area contributed by atoms with Gasteiger partial charge >= 0.3 is 0 Å². The summed E-state index contributed by atoms with van der Waals surface area (Å²) in [6, 6.07) is 5.02. The highest BCUT2D eigenvalue weighted by Gasteiger charge is 2.14. The van der Waals surface area contributed by atoms with E-state index in [-0.39, 0.29) is 16.3 Å². The van der Waals surface area contributed by atoms with E-state index in [0.29, 0.717) is 13.1 Å². The van der Waals surface area contributed by atoms with Crippen molar-refractivity contribution < 1.29 is 21.9 Å². The van der Waals surface area contributed by atoms with Crippen molar-refractivity contribution in [1.82, 2.24) is 10.0 Å². The molecule has 0 aliphatic rings. The van der Waals surface area contributed by atoms with Crippen molar-refractivity contribution in [1.29, 1.82) is 0 Å². The fourth-order valence-electron chi connectivity index (χ4n) is 1.53. The molecule has 0 aromatic heterocycles. The molecule has 0 aliphatic heterocycles. The Balaban J connectivity index is 2.63. The van der Waals surface area contributed by atoms with Crippen LogP contribution in [-0.4, -0.2) is 53.9 Å². The van der Waals surface area contributed by atoms with Crippen molar-refractivity contribution in [3.63, 3.8) is 0 Å². The molecule has 9 heteroatoms. The van der Waals surface area contributed by atoms with Crippen molar-refractivity contribution in [2.75, 3.05) is 25.9 Å². The second-order valence-corrected chi connectivity index (χ2v) is 8.48. The lowest BCUT2D eigenvalue weighted by molar-refractivity contribution is 0.192. The van der Waals surface area contributed by atoms with Crippen LogP contribution in [-0.2, 0) is 19.9 Å². The van der Waals surface area contributed by atoms with Crippen LogP contribution < -0.4 is 10.0 Å². The fraction of sp³-hybridized carbons (Fsp3) is 0.500. The normalized spacial score (nSPS) is 14.0. The molecule has 0 heterocycles. The summed E-state index contributed by atoms with van der Waals surface area (Å²) in [5.41, 5.74) is 0. The van der Waals surface area contributed by atoms with Crippen LogP contribution in [0.2, 0.25) is 0 Å². The molecule has 0 saturated heterocycles. The molecule has 0 aliphatic carbocycles. The standard InChI is InChI=1S/C12H20N2O5S2/c1-10(15)9-13-7-8-14-21(18,19)12-5-3-11(4-6-12)20(2,16)17/h3-6,10,13-15H,7-9H2,1-2H3. The number of hydrogen-bond acceptors (Lipinski definition) is 6. The second-order valence-electron chi connectivity index (χ2n) is 4.69. The van der Waals surface area contributed by atoms with E-state index in [4.69, 9.17) is 5.11 Å². The van der Waals surface area contributed by atoms with E-state index in [1.807, 2.05) is 0 Å². The van der Waals surface area contributed by atoms with Gasteiger partial charge in [0.1, 0.15) is 0 Å².